The van der Waals surface area contributed by atoms with Crippen molar-refractivity contribution in [1.29, 1.82) is 0 Å². The first-order valence-electron chi connectivity index (χ1n) is 3.91. The van der Waals surface area contributed by atoms with Gasteiger partial charge in [-0.1, -0.05) is 12.1 Å². The van der Waals surface area contributed by atoms with Crippen LogP contribution in [-0.2, 0) is 0 Å². The van der Waals surface area contributed by atoms with Crippen molar-refractivity contribution in [3.63, 3.8) is 0 Å². The molecule has 1 aromatic carbocycles. The van der Waals surface area contributed by atoms with Crippen molar-refractivity contribution < 1.29 is 10.0 Å². The summed E-state index contributed by atoms with van der Waals surface area (Å²) in [5, 5.41) is 19.6. The number of hydrogen-bond acceptors (Lipinski definition) is 4. The van der Waals surface area contributed by atoms with E-state index in [-0.39, 0.29) is 11.4 Å². The summed E-state index contributed by atoms with van der Waals surface area (Å²) >= 11 is 0. The second-order valence-electron chi connectivity index (χ2n) is 2.77. The molecule has 0 saturated heterocycles. The number of nitrogens with two attached hydrogens (primary N) is 1. The van der Waals surface area contributed by atoms with Crippen molar-refractivity contribution in [2.75, 3.05) is 0 Å². The zero-order valence-corrected chi connectivity index (χ0v) is 7.38. The van der Waals surface area contributed by atoms with E-state index in [1.807, 2.05) is 0 Å². The molecule has 1 aromatic rings. The van der Waals surface area contributed by atoms with Crippen LogP contribution in [-0.4, -0.2) is 10.0 Å². The Morgan fingerprint density at radius 2 is 2.29 bits per heavy atom. The molecule has 0 radical (unpaired) electrons. The van der Waals surface area contributed by atoms with E-state index in [4.69, 9.17) is 10.8 Å². The minimum Gasteiger partial charge on any atom is -0.502 e. The average molecular weight is 194 g/mol. The molecule has 0 aliphatic heterocycles. The van der Waals surface area contributed by atoms with Gasteiger partial charge in [-0.05, 0) is 11.6 Å². The number of nitrogens with zero attached hydrogens (tertiary/aromatic N) is 1. The van der Waals surface area contributed by atoms with E-state index in [9.17, 15) is 10.1 Å². The number of aromatic hydroxyl groups is 1. The minimum absolute atomic E-state index is 0.347. The Hall–Kier alpha value is -1.88. The standard InChI is InChI=1S/C9H10N2O3/c1-2-7(10)6-3-4-9(12)8(5-6)11(13)14/h2-5,7,12H,1,10H2/t7-/m1/s1. The number of nitro benzene ring substituents is 1. The van der Waals surface area contributed by atoms with Gasteiger partial charge in [-0.25, -0.2) is 0 Å². The first-order chi connectivity index (χ1) is 6.56. The van der Waals surface area contributed by atoms with Gasteiger partial charge in [0, 0.05) is 12.1 Å². The molecule has 0 amide bonds. The van der Waals surface area contributed by atoms with Crippen LogP contribution in [0.5, 0.6) is 5.75 Å². The molecule has 5 nitrogen and oxygen atoms in total. The van der Waals surface area contributed by atoms with Crippen LogP contribution in [0.3, 0.4) is 0 Å². The number of benzene rings is 1. The number of nitro groups is 1. The van der Waals surface area contributed by atoms with E-state index in [1.165, 1.54) is 24.3 Å². The summed E-state index contributed by atoms with van der Waals surface area (Å²) in [5.74, 6) is -0.366. The molecule has 14 heavy (non-hydrogen) atoms. The molecule has 1 rings (SSSR count). The van der Waals surface area contributed by atoms with Crippen LogP contribution in [0.4, 0.5) is 5.69 Å². The van der Waals surface area contributed by atoms with Gasteiger partial charge < -0.3 is 10.8 Å². The van der Waals surface area contributed by atoms with Gasteiger partial charge in [0.05, 0.1) is 4.92 Å². The molecule has 3 N–H and O–H groups in total. The highest BCUT2D eigenvalue weighted by molar-refractivity contribution is 5.48. The molecule has 1 atom stereocenters. The maximum Gasteiger partial charge on any atom is 0.311 e. The highest BCUT2D eigenvalue weighted by atomic mass is 16.6. The Morgan fingerprint density at radius 3 is 2.79 bits per heavy atom. The average Bonchev–Trinajstić information content (AvgIpc) is 2.17. The second-order valence-corrected chi connectivity index (χ2v) is 2.77. The molecule has 0 heterocycles. The summed E-state index contributed by atoms with van der Waals surface area (Å²) in [6, 6.07) is 3.54. The zero-order valence-electron chi connectivity index (χ0n) is 7.38. The van der Waals surface area contributed by atoms with Gasteiger partial charge in [0.15, 0.2) is 5.75 Å². The Morgan fingerprint density at radius 1 is 1.64 bits per heavy atom. The molecule has 0 saturated carbocycles. The zero-order chi connectivity index (χ0) is 10.7. The molecule has 0 aliphatic carbocycles. The van der Waals surface area contributed by atoms with Crippen LogP contribution in [0.2, 0.25) is 0 Å². The monoisotopic (exact) mass is 194 g/mol. The second kappa shape index (κ2) is 3.89. The summed E-state index contributed by atoms with van der Waals surface area (Å²) in [5.41, 5.74) is 5.79. The SMILES string of the molecule is C=C[C@@H](N)c1ccc(O)c([N+](=O)[O-])c1. The summed E-state index contributed by atoms with van der Waals surface area (Å²) in [7, 11) is 0. The van der Waals surface area contributed by atoms with E-state index >= 15 is 0 Å². The van der Waals surface area contributed by atoms with Crippen molar-refractivity contribution in [2.45, 2.75) is 6.04 Å². The molecule has 0 bridgehead atoms. The third-order valence-electron chi connectivity index (χ3n) is 1.84. The molecule has 5 heteroatoms. The Labute approximate surface area is 80.6 Å². The van der Waals surface area contributed by atoms with Gasteiger partial charge in [-0.2, -0.15) is 0 Å². The van der Waals surface area contributed by atoms with E-state index in [2.05, 4.69) is 6.58 Å². The van der Waals surface area contributed by atoms with Gasteiger partial charge in [-0.15, -0.1) is 6.58 Å². The van der Waals surface area contributed by atoms with Crippen LogP contribution < -0.4 is 5.73 Å². The topological polar surface area (TPSA) is 89.4 Å². The predicted molar refractivity (Wildman–Crippen MR) is 51.9 cm³/mol. The lowest BCUT2D eigenvalue weighted by atomic mass is 10.1. The van der Waals surface area contributed by atoms with Crippen molar-refractivity contribution in [1.82, 2.24) is 0 Å². The normalized spacial score (nSPS) is 12.1. The fraction of sp³-hybridized carbons (Fsp3) is 0.111. The smallest absolute Gasteiger partial charge is 0.311 e. The van der Waals surface area contributed by atoms with Gasteiger partial charge in [0.2, 0.25) is 0 Å². The third-order valence-corrected chi connectivity index (χ3v) is 1.84. The van der Waals surface area contributed by atoms with Gasteiger partial charge in [0.25, 0.3) is 0 Å². The minimum atomic E-state index is -0.658. The van der Waals surface area contributed by atoms with Crippen molar-refractivity contribution in [3.8, 4) is 5.75 Å². The van der Waals surface area contributed by atoms with Crippen LogP contribution >= 0.6 is 0 Å². The summed E-state index contributed by atoms with van der Waals surface area (Å²) in [4.78, 5) is 9.81. The number of hydrogen-bond donors (Lipinski definition) is 2. The molecule has 0 fully saturated rings. The van der Waals surface area contributed by atoms with Crippen molar-refractivity contribution >= 4 is 5.69 Å². The van der Waals surface area contributed by atoms with Crippen molar-refractivity contribution in [3.05, 3.63) is 46.5 Å². The van der Waals surface area contributed by atoms with E-state index < -0.39 is 11.0 Å². The Kier molecular flexibility index (Phi) is 2.83. The number of rotatable bonds is 3. The highest BCUT2D eigenvalue weighted by Crippen LogP contribution is 2.28. The van der Waals surface area contributed by atoms with Crippen molar-refractivity contribution in [2.24, 2.45) is 5.73 Å². The Balaban J connectivity index is 3.19. The number of phenolic OH excluding ortho intramolecular Hbond substituents is 1. The molecule has 0 aliphatic rings. The van der Waals surface area contributed by atoms with Gasteiger partial charge >= 0.3 is 5.69 Å². The lowest BCUT2D eigenvalue weighted by molar-refractivity contribution is -0.385. The third kappa shape index (κ3) is 1.89. The van der Waals surface area contributed by atoms with E-state index in [1.54, 1.807) is 0 Å². The fourth-order valence-corrected chi connectivity index (χ4v) is 1.03. The van der Waals surface area contributed by atoms with Crippen LogP contribution in [0.25, 0.3) is 0 Å². The Bertz CT molecular complexity index is 376. The summed E-state index contributed by atoms with van der Waals surface area (Å²) in [6.45, 7) is 3.48. The molecule has 0 unspecified atom stereocenters. The van der Waals surface area contributed by atoms with Crippen LogP contribution in [0.1, 0.15) is 11.6 Å². The first kappa shape index (κ1) is 10.2. The highest BCUT2D eigenvalue weighted by Gasteiger charge is 2.15. The van der Waals surface area contributed by atoms with E-state index in [0.717, 1.165) is 0 Å². The summed E-state index contributed by atoms with van der Waals surface area (Å²) < 4.78 is 0. The van der Waals surface area contributed by atoms with Crippen LogP contribution in [0.15, 0.2) is 30.9 Å². The maximum atomic E-state index is 10.5. The molecular formula is C9H10N2O3. The first-order valence-corrected chi connectivity index (χ1v) is 3.91. The van der Waals surface area contributed by atoms with E-state index in [0.29, 0.717) is 5.56 Å². The quantitative estimate of drug-likeness (QED) is 0.433. The lowest BCUT2D eigenvalue weighted by Crippen LogP contribution is -2.06. The number of phenols is 1. The maximum absolute atomic E-state index is 10.5. The molecule has 0 aromatic heterocycles. The van der Waals surface area contributed by atoms with Crippen LogP contribution in [0, 0.1) is 10.1 Å². The summed E-state index contributed by atoms with van der Waals surface area (Å²) in [6.07, 6.45) is 1.47. The molecular weight excluding hydrogens is 184 g/mol. The largest absolute Gasteiger partial charge is 0.502 e. The molecule has 74 valence electrons. The van der Waals surface area contributed by atoms with Gasteiger partial charge in [0.1, 0.15) is 0 Å². The van der Waals surface area contributed by atoms with Gasteiger partial charge in [-0.3, -0.25) is 10.1 Å². The predicted octanol–water partition coefficient (Wildman–Crippen LogP) is 1.49. The fourth-order valence-electron chi connectivity index (χ4n) is 1.03. The molecule has 0 spiro atoms. The lowest BCUT2D eigenvalue weighted by Gasteiger charge is -2.06.